The van der Waals surface area contributed by atoms with Crippen molar-refractivity contribution >= 4 is 28.7 Å². The number of hydrogen-bond donors (Lipinski definition) is 1. The Morgan fingerprint density at radius 2 is 1.70 bits per heavy atom. The summed E-state index contributed by atoms with van der Waals surface area (Å²) in [6.45, 7) is 12.3. The Morgan fingerprint density at radius 3 is 2.40 bits per heavy atom. The number of para-hydroxylation sites is 1. The molecule has 2 aliphatic heterocycles. The molecule has 4 heterocycles. The van der Waals surface area contributed by atoms with Crippen LogP contribution < -0.4 is 15.1 Å². The highest BCUT2D eigenvalue weighted by molar-refractivity contribution is 7.80. The van der Waals surface area contributed by atoms with E-state index in [2.05, 4.69) is 102 Å². The molecule has 2 saturated heterocycles. The van der Waals surface area contributed by atoms with Gasteiger partial charge in [0.05, 0.1) is 36.7 Å². The van der Waals surface area contributed by atoms with E-state index in [1.165, 1.54) is 39.5 Å². The van der Waals surface area contributed by atoms with Crippen molar-refractivity contribution in [3.05, 3.63) is 107 Å². The molecule has 2 aromatic heterocycles. The number of morpholine rings is 1. The summed E-state index contributed by atoms with van der Waals surface area (Å²) >= 11 is 6.02. The Balaban J connectivity index is 1.46. The smallest absolute Gasteiger partial charge is 0.174 e. The van der Waals surface area contributed by atoms with Gasteiger partial charge in [-0.1, -0.05) is 31.2 Å². The molecule has 2 aliphatic rings. The predicted molar refractivity (Wildman–Crippen MR) is 167 cm³/mol. The zero-order valence-corrected chi connectivity index (χ0v) is 24.5. The predicted octanol–water partition coefficient (Wildman–Crippen LogP) is 6.37. The van der Waals surface area contributed by atoms with Crippen LogP contribution in [0.3, 0.4) is 0 Å². The summed E-state index contributed by atoms with van der Waals surface area (Å²) in [6.07, 6.45) is 2.84. The molecule has 0 spiro atoms. The molecule has 0 saturated carbocycles. The van der Waals surface area contributed by atoms with Gasteiger partial charge < -0.3 is 24.4 Å². The quantitative estimate of drug-likeness (QED) is 0.281. The van der Waals surface area contributed by atoms with Gasteiger partial charge in [-0.15, -0.1) is 0 Å². The van der Waals surface area contributed by atoms with E-state index in [4.69, 9.17) is 21.9 Å². The van der Waals surface area contributed by atoms with E-state index in [9.17, 15) is 0 Å². The van der Waals surface area contributed by atoms with Gasteiger partial charge in [0.15, 0.2) is 5.11 Å². The number of nitrogens with zero attached hydrogens (tertiary/aromatic N) is 4. The van der Waals surface area contributed by atoms with E-state index in [1.807, 2.05) is 18.3 Å². The molecule has 7 heteroatoms. The minimum Gasteiger partial charge on any atom is -0.378 e. The van der Waals surface area contributed by atoms with E-state index in [0.29, 0.717) is 0 Å². The van der Waals surface area contributed by atoms with Crippen molar-refractivity contribution in [2.24, 2.45) is 0 Å². The average molecular weight is 552 g/mol. The van der Waals surface area contributed by atoms with Gasteiger partial charge in [0.2, 0.25) is 0 Å². The van der Waals surface area contributed by atoms with Crippen molar-refractivity contribution in [2.75, 3.05) is 36.1 Å². The van der Waals surface area contributed by atoms with Crippen LogP contribution in [0.5, 0.6) is 0 Å². The van der Waals surface area contributed by atoms with Crippen molar-refractivity contribution in [2.45, 2.75) is 46.2 Å². The highest BCUT2D eigenvalue weighted by Crippen LogP contribution is 2.44. The lowest BCUT2D eigenvalue weighted by Crippen LogP contribution is -2.36. The molecule has 4 aromatic rings. The standard InChI is InChI=1S/C33H37N5OS/c1-5-25-10-8-9-22(2)31(25)37-23(3)21-28(24(37)4)32-30(29-11-6-7-16-34-29)35-33(40)38(32)27-14-12-26(13-15-27)36-17-19-39-20-18-36/h6-16,21,30,32H,5,17-20H2,1-4H3,(H,35,40)/t30-,32-/m0/s1. The van der Waals surface area contributed by atoms with Crippen LogP contribution in [0.4, 0.5) is 11.4 Å². The zero-order chi connectivity index (χ0) is 27.8. The Bertz CT molecular complexity index is 1510. The van der Waals surface area contributed by atoms with E-state index < -0.39 is 0 Å². The topological polar surface area (TPSA) is 45.6 Å². The van der Waals surface area contributed by atoms with Gasteiger partial charge in [0, 0.05) is 42.0 Å². The molecular formula is C33H37N5OS. The second kappa shape index (κ2) is 11.1. The lowest BCUT2D eigenvalue weighted by molar-refractivity contribution is 0.122. The van der Waals surface area contributed by atoms with Crippen LogP contribution >= 0.6 is 12.2 Å². The number of rotatable bonds is 6. The largest absolute Gasteiger partial charge is 0.378 e. The minimum absolute atomic E-state index is 0.0503. The first-order chi connectivity index (χ1) is 19.5. The molecule has 0 aliphatic carbocycles. The first-order valence-corrected chi connectivity index (χ1v) is 14.6. The molecule has 2 fully saturated rings. The van der Waals surface area contributed by atoms with Crippen LogP contribution in [0, 0.1) is 20.8 Å². The average Bonchev–Trinajstić information content (AvgIpc) is 3.48. The molecule has 0 unspecified atom stereocenters. The lowest BCUT2D eigenvalue weighted by atomic mass is 9.96. The van der Waals surface area contributed by atoms with Crippen LogP contribution in [0.25, 0.3) is 5.69 Å². The molecule has 40 heavy (non-hydrogen) atoms. The number of thiocarbonyl (C=S) groups is 1. The van der Waals surface area contributed by atoms with Gasteiger partial charge in [-0.05, 0) is 98.6 Å². The van der Waals surface area contributed by atoms with Gasteiger partial charge >= 0.3 is 0 Å². The summed E-state index contributed by atoms with van der Waals surface area (Å²) in [5.74, 6) is 0. The third kappa shape index (κ3) is 4.67. The number of anilines is 2. The van der Waals surface area contributed by atoms with E-state index in [0.717, 1.165) is 49.2 Å². The molecule has 2 aromatic carbocycles. The van der Waals surface area contributed by atoms with Crippen LogP contribution in [-0.2, 0) is 11.2 Å². The summed E-state index contributed by atoms with van der Waals surface area (Å²) in [4.78, 5) is 9.42. The fourth-order valence-corrected chi connectivity index (χ4v) is 6.70. The summed E-state index contributed by atoms with van der Waals surface area (Å²) in [6, 6.07) is 23.7. The second-order valence-corrected chi connectivity index (χ2v) is 11.1. The molecule has 0 bridgehead atoms. The van der Waals surface area contributed by atoms with Crippen molar-refractivity contribution in [1.29, 1.82) is 0 Å². The van der Waals surface area contributed by atoms with Crippen LogP contribution in [0.2, 0.25) is 0 Å². The number of hydrogen-bond acceptors (Lipinski definition) is 4. The highest BCUT2D eigenvalue weighted by Gasteiger charge is 2.42. The SMILES string of the molecule is CCc1cccc(C)c1-n1c(C)cc([C@H]2[C@H](c3ccccn3)NC(=S)N2c2ccc(N3CCOCC3)cc2)c1C. The van der Waals surface area contributed by atoms with E-state index >= 15 is 0 Å². The zero-order valence-electron chi connectivity index (χ0n) is 23.7. The van der Waals surface area contributed by atoms with Crippen LogP contribution in [0.1, 0.15) is 52.8 Å². The summed E-state index contributed by atoms with van der Waals surface area (Å²) in [5.41, 5.74) is 10.9. The first kappa shape index (κ1) is 26.5. The number of pyridine rings is 1. The maximum absolute atomic E-state index is 6.02. The fourth-order valence-electron chi connectivity index (χ4n) is 6.35. The maximum atomic E-state index is 6.02. The van der Waals surface area contributed by atoms with Crippen LogP contribution in [0.15, 0.2) is 72.9 Å². The van der Waals surface area contributed by atoms with E-state index in [1.54, 1.807) is 0 Å². The lowest BCUT2D eigenvalue weighted by Gasteiger charge is -2.31. The summed E-state index contributed by atoms with van der Waals surface area (Å²) < 4.78 is 7.98. The molecule has 6 nitrogen and oxygen atoms in total. The first-order valence-electron chi connectivity index (χ1n) is 14.2. The summed E-state index contributed by atoms with van der Waals surface area (Å²) in [7, 11) is 0. The summed E-state index contributed by atoms with van der Waals surface area (Å²) in [5, 5.41) is 4.35. The second-order valence-electron chi connectivity index (χ2n) is 10.7. The van der Waals surface area contributed by atoms with Gasteiger partial charge in [0.25, 0.3) is 0 Å². The van der Waals surface area contributed by atoms with Crippen molar-refractivity contribution in [3.63, 3.8) is 0 Å². The van der Waals surface area contributed by atoms with Gasteiger partial charge in [-0.3, -0.25) is 4.98 Å². The molecule has 1 N–H and O–H groups in total. The maximum Gasteiger partial charge on any atom is 0.174 e. The van der Waals surface area contributed by atoms with Crippen LogP contribution in [-0.4, -0.2) is 41.0 Å². The van der Waals surface area contributed by atoms with Crippen molar-refractivity contribution in [1.82, 2.24) is 14.9 Å². The number of aromatic nitrogens is 2. The Labute approximate surface area is 242 Å². The Morgan fingerprint density at radius 1 is 0.950 bits per heavy atom. The minimum atomic E-state index is -0.0796. The Kier molecular flexibility index (Phi) is 7.34. The third-order valence-corrected chi connectivity index (χ3v) is 8.63. The van der Waals surface area contributed by atoms with Gasteiger partial charge in [0.1, 0.15) is 0 Å². The number of ether oxygens (including phenoxy) is 1. The molecule has 6 rings (SSSR count). The van der Waals surface area contributed by atoms with Crippen molar-refractivity contribution < 1.29 is 4.74 Å². The number of benzene rings is 2. The number of aryl methyl sites for hydroxylation is 3. The molecule has 206 valence electrons. The van der Waals surface area contributed by atoms with Gasteiger partial charge in [-0.25, -0.2) is 0 Å². The molecule has 0 radical (unpaired) electrons. The third-order valence-electron chi connectivity index (χ3n) is 8.32. The normalized spacial score (nSPS) is 19.2. The number of nitrogens with one attached hydrogen (secondary N) is 1. The Hall–Kier alpha value is -3.68. The monoisotopic (exact) mass is 551 g/mol. The molecular weight excluding hydrogens is 514 g/mol. The van der Waals surface area contributed by atoms with E-state index in [-0.39, 0.29) is 12.1 Å². The highest BCUT2D eigenvalue weighted by atomic mass is 32.1. The van der Waals surface area contributed by atoms with Gasteiger partial charge in [-0.2, -0.15) is 0 Å². The fraction of sp³-hybridized carbons (Fsp3) is 0.333. The molecule has 2 atom stereocenters. The van der Waals surface area contributed by atoms with Crippen molar-refractivity contribution in [3.8, 4) is 5.69 Å². The molecule has 0 amide bonds.